The number of benzene rings is 2. The van der Waals surface area contributed by atoms with E-state index in [4.69, 9.17) is 24.2 Å². The molecule has 0 saturated carbocycles. The molecule has 0 amide bonds. The number of carbonyl (C=O) groups is 1. The topological polar surface area (TPSA) is 78.7 Å². The molecular formula is C33H38FN4O4P. The molecule has 0 N–H and O–H groups in total. The van der Waals surface area contributed by atoms with Crippen molar-refractivity contribution in [2.45, 2.75) is 51.0 Å². The number of esters is 1. The maximum absolute atomic E-state index is 14.6. The number of pyridine rings is 1. The molecule has 1 atom stereocenters. The summed E-state index contributed by atoms with van der Waals surface area (Å²) in [6.45, 7) is 8.46. The third kappa shape index (κ3) is 6.74. The predicted octanol–water partition coefficient (Wildman–Crippen LogP) is 5.47. The van der Waals surface area contributed by atoms with Crippen LogP contribution in [0, 0.1) is 5.82 Å². The second-order valence-electron chi connectivity index (χ2n) is 11.5. The van der Waals surface area contributed by atoms with Crippen molar-refractivity contribution < 1.29 is 23.4 Å². The van der Waals surface area contributed by atoms with E-state index < -0.39 is 0 Å². The maximum atomic E-state index is 14.6. The number of hydrogen-bond donors (Lipinski definition) is 0. The summed E-state index contributed by atoms with van der Waals surface area (Å²) in [5, 5.41) is 1.04. The lowest BCUT2D eigenvalue weighted by Crippen LogP contribution is -2.35. The molecule has 0 aliphatic carbocycles. The summed E-state index contributed by atoms with van der Waals surface area (Å²) in [4.78, 5) is 24.4. The SMILES string of the molecule is COC(=O)c1ccc2nc(CN3CCC(c4cccc(OCc5ccc(P(C)C)cc5F)n4)CC3)n(CC3CCO3)c2c1. The quantitative estimate of drug-likeness (QED) is 0.176. The first-order valence-corrected chi connectivity index (χ1v) is 17.1. The smallest absolute Gasteiger partial charge is 0.337 e. The van der Waals surface area contributed by atoms with E-state index in [1.54, 1.807) is 12.1 Å². The summed E-state index contributed by atoms with van der Waals surface area (Å²) in [7, 11) is 1.05. The second-order valence-corrected chi connectivity index (χ2v) is 13.8. The molecule has 0 bridgehead atoms. The highest BCUT2D eigenvalue weighted by Gasteiger charge is 2.26. The molecule has 2 aromatic heterocycles. The normalized spacial score (nSPS) is 17.7. The fraction of sp³-hybridized carbons (Fsp3) is 0.424. The van der Waals surface area contributed by atoms with Crippen LogP contribution in [0.5, 0.6) is 5.88 Å². The molecule has 43 heavy (non-hydrogen) atoms. The van der Waals surface area contributed by atoms with Gasteiger partial charge in [-0.1, -0.05) is 26.1 Å². The highest BCUT2D eigenvalue weighted by atomic mass is 31.1. The number of nitrogens with zero attached hydrogens (tertiary/aromatic N) is 4. The molecular weight excluding hydrogens is 566 g/mol. The van der Waals surface area contributed by atoms with Gasteiger partial charge in [0.2, 0.25) is 5.88 Å². The number of rotatable bonds is 10. The van der Waals surface area contributed by atoms with E-state index in [-0.39, 0.29) is 32.4 Å². The van der Waals surface area contributed by atoms with Crippen LogP contribution in [-0.4, -0.2) is 71.6 Å². The number of carbonyl (C=O) groups excluding carboxylic acids is 1. The summed E-state index contributed by atoms with van der Waals surface area (Å²) in [6.07, 6.45) is 3.14. The minimum absolute atomic E-state index is 0.153. The Bertz CT molecular complexity index is 1600. The van der Waals surface area contributed by atoms with Crippen LogP contribution in [0.3, 0.4) is 0 Å². The Morgan fingerprint density at radius 2 is 1.88 bits per heavy atom. The maximum Gasteiger partial charge on any atom is 0.337 e. The van der Waals surface area contributed by atoms with E-state index in [0.29, 0.717) is 22.9 Å². The summed E-state index contributed by atoms with van der Waals surface area (Å²) in [5.41, 5.74) is 3.87. The van der Waals surface area contributed by atoms with Crippen molar-refractivity contribution in [2.24, 2.45) is 0 Å². The van der Waals surface area contributed by atoms with Crippen LogP contribution < -0.4 is 10.0 Å². The third-order valence-corrected chi connectivity index (χ3v) is 9.78. The highest BCUT2D eigenvalue weighted by Crippen LogP contribution is 2.30. The minimum Gasteiger partial charge on any atom is -0.473 e. The number of halogens is 1. The standard InChI is InChI=1S/C33H38FN4O4P/c1-40-33(39)23-8-10-29-30(17-23)38(19-25-13-16-41-25)31(35-29)20-37-14-11-22(12-15-37)28-5-4-6-32(36-28)42-21-24-7-9-26(43(2)3)18-27(24)34/h4-10,17-18,22,25H,11-16,19-21H2,1-3H3. The fourth-order valence-corrected chi connectivity index (χ4v) is 6.53. The molecule has 2 saturated heterocycles. The van der Waals surface area contributed by atoms with Gasteiger partial charge in [0.1, 0.15) is 18.2 Å². The van der Waals surface area contributed by atoms with Gasteiger partial charge in [-0.15, -0.1) is 0 Å². The molecule has 1 unspecified atom stereocenters. The van der Waals surface area contributed by atoms with E-state index in [0.717, 1.165) is 79.9 Å². The molecule has 2 fully saturated rings. The van der Waals surface area contributed by atoms with Crippen LogP contribution in [0.4, 0.5) is 4.39 Å². The first kappa shape index (κ1) is 29.7. The lowest BCUT2D eigenvalue weighted by Gasteiger charge is -2.32. The number of aromatic nitrogens is 3. The second kappa shape index (κ2) is 13.1. The molecule has 0 spiro atoms. The molecule has 10 heteroatoms. The van der Waals surface area contributed by atoms with Gasteiger partial charge in [0.25, 0.3) is 0 Å². The van der Waals surface area contributed by atoms with Crippen molar-refractivity contribution >= 4 is 30.2 Å². The van der Waals surface area contributed by atoms with Crippen LogP contribution in [-0.2, 0) is 29.2 Å². The van der Waals surface area contributed by atoms with Crippen molar-refractivity contribution in [3.05, 3.63) is 83.1 Å². The number of hydrogen-bond acceptors (Lipinski definition) is 7. The van der Waals surface area contributed by atoms with Gasteiger partial charge in [-0.2, -0.15) is 0 Å². The van der Waals surface area contributed by atoms with Crippen molar-refractivity contribution in [3.8, 4) is 5.88 Å². The van der Waals surface area contributed by atoms with Crippen molar-refractivity contribution in [2.75, 3.05) is 40.1 Å². The summed E-state index contributed by atoms with van der Waals surface area (Å²) < 4.78 is 33.4. The van der Waals surface area contributed by atoms with Crippen LogP contribution in [0.1, 0.15) is 52.6 Å². The number of imidazole rings is 1. The Morgan fingerprint density at radius 1 is 1.07 bits per heavy atom. The van der Waals surface area contributed by atoms with E-state index in [1.165, 1.54) is 7.11 Å². The van der Waals surface area contributed by atoms with Gasteiger partial charge >= 0.3 is 5.97 Å². The summed E-state index contributed by atoms with van der Waals surface area (Å²) >= 11 is 0. The predicted molar refractivity (Wildman–Crippen MR) is 166 cm³/mol. The molecule has 226 valence electrons. The number of ether oxygens (including phenoxy) is 3. The Hall–Kier alpha value is -3.39. The lowest BCUT2D eigenvalue weighted by molar-refractivity contribution is -0.0592. The number of likely N-dealkylation sites (tertiary alicyclic amines) is 1. The van der Waals surface area contributed by atoms with Crippen LogP contribution >= 0.6 is 7.92 Å². The Balaban J connectivity index is 1.10. The van der Waals surface area contributed by atoms with Gasteiger partial charge in [0, 0.05) is 29.8 Å². The summed E-state index contributed by atoms with van der Waals surface area (Å²) in [5.74, 6) is 1.25. The van der Waals surface area contributed by atoms with E-state index in [1.807, 2.05) is 36.4 Å². The third-order valence-electron chi connectivity index (χ3n) is 8.47. The number of fused-ring (bicyclic) bond motifs is 1. The number of methoxy groups -OCH3 is 1. The largest absolute Gasteiger partial charge is 0.473 e. The summed E-state index contributed by atoms with van der Waals surface area (Å²) in [6, 6.07) is 16.8. The molecule has 2 aromatic carbocycles. The molecule has 4 heterocycles. The van der Waals surface area contributed by atoms with Crippen LogP contribution in [0.25, 0.3) is 11.0 Å². The highest BCUT2D eigenvalue weighted by molar-refractivity contribution is 7.64. The Labute approximate surface area is 252 Å². The molecule has 2 aliphatic heterocycles. The van der Waals surface area contributed by atoms with Crippen molar-refractivity contribution in [1.29, 1.82) is 0 Å². The Morgan fingerprint density at radius 3 is 2.58 bits per heavy atom. The molecule has 2 aliphatic rings. The molecule has 8 nitrogen and oxygen atoms in total. The zero-order valence-corrected chi connectivity index (χ0v) is 25.9. The zero-order chi connectivity index (χ0) is 29.9. The minimum atomic E-state index is -0.352. The fourth-order valence-electron chi connectivity index (χ4n) is 5.78. The van der Waals surface area contributed by atoms with Crippen molar-refractivity contribution in [3.63, 3.8) is 0 Å². The van der Waals surface area contributed by atoms with Gasteiger partial charge in [-0.05, 0) is 81.3 Å². The van der Waals surface area contributed by atoms with Gasteiger partial charge < -0.3 is 18.8 Å². The molecule has 0 radical (unpaired) electrons. The first-order chi connectivity index (χ1) is 20.9. The molecule has 4 aromatic rings. The van der Waals surface area contributed by atoms with Crippen molar-refractivity contribution in [1.82, 2.24) is 19.4 Å². The van der Waals surface area contributed by atoms with Gasteiger partial charge in [-0.25, -0.2) is 19.2 Å². The van der Waals surface area contributed by atoms with E-state index >= 15 is 0 Å². The lowest BCUT2D eigenvalue weighted by atomic mass is 9.93. The Kier molecular flexibility index (Phi) is 9.03. The first-order valence-electron chi connectivity index (χ1n) is 14.8. The van der Waals surface area contributed by atoms with E-state index in [9.17, 15) is 9.18 Å². The zero-order valence-electron chi connectivity index (χ0n) is 25.0. The van der Waals surface area contributed by atoms with Gasteiger partial charge in [0.15, 0.2) is 0 Å². The average Bonchev–Trinajstić information content (AvgIpc) is 3.34. The van der Waals surface area contributed by atoms with Crippen LogP contribution in [0.15, 0.2) is 54.6 Å². The number of piperidine rings is 1. The van der Waals surface area contributed by atoms with E-state index in [2.05, 4.69) is 28.9 Å². The monoisotopic (exact) mass is 604 g/mol. The molecule has 6 rings (SSSR count). The van der Waals surface area contributed by atoms with Crippen LogP contribution in [0.2, 0.25) is 0 Å². The average molecular weight is 605 g/mol. The van der Waals surface area contributed by atoms with Gasteiger partial charge in [-0.3, -0.25) is 4.90 Å². The van der Waals surface area contributed by atoms with Gasteiger partial charge in [0.05, 0.1) is 42.9 Å².